The van der Waals surface area contributed by atoms with E-state index in [0.29, 0.717) is 13.2 Å². The maximum Gasteiger partial charge on any atom is 0.246 e. The minimum atomic E-state index is -0.431. The van der Waals surface area contributed by atoms with Crippen LogP contribution in [0.2, 0.25) is 0 Å². The van der Waals surface area contributed by atoms with E-state index in [1.165, 1.54) is 0 Å². The lowest BCUT2D eigenvalue weighted by Crippen LogP contribution is -2.44. The van der Waals surface area contributed by atoms with E-state index in [9.17, 15) is 9.90 Å². The molecule has 0 aliphatic rings. The summed E-state index contributed by atoms with van der Waals surface area (Å²) >= 11 is 0. The summed E-state index contributed by atoms with van der Waals surface area (Å²) in [7, 11) is 0. The van der Waals surface area contributed by atoms with Crippen LogP contribution in [-0.2, 0) is 9.53 Å². The van der Waals surface area contributed by atoms with Gasteiger partial charge in [0.1, 0.15) is 6.61 Å². The van der Waals surface area contributed by atoms with Crippen molar-refractivity contribution in [2.75, 3.05) is 19.8 Å². The number of carbonyl (C=O) groups is 1. The SMILES string of the molecule is CCCOCC(=O)NCC(C)(C)C(O)C(C)C. The van der Waals surface area contributed by atoms with Crippen molar-refractivity contribution in [2.24, 2.45) is 11.3 Å². The Morgan fingerprint density at radius 1 is 1.41 bits per heavy atom. The normalized spacial score (nSPS) is 13.8. The van der Waals surface area contributed by atoms with Gasteiger partial charge in [-0.15, -0.1) is 0 Å². The first kappa shape index (κ1) is 16.4. The highest BCUT2D eigenvalue weighted by molar-refractivity contribution is 5.77. The molecule has 0 fully saturated rings. The van der Waals surface area contributed by atoms with Crippen LogP contribution in [-0.4, -0.2) is 36.9 Å². The summed E-state index contributed by atoms with van der Waals surface area (Å²) in [5.74, 6) is 0.0562. The summed E-state index contributed by atoms with van der Waals surface area (Å²) in [5, 5.41) is 12.8. The molecule has 17 heavy (non-hydrogen) atoms. The lowest BCUT2D eigenvalue weighted by atomic mass is 9.81. The van der Waals surface area contributed by atoms with Crippen molar-refractivity contribution in [1.82, 2.24) is 5.32 Å². The number of aliphatic hydroxyl groups is 1. The van der Waals surface area contributed by atoms with E-state index in [1.807, 2.05) is 34.6 Å². The molecule has 0 aromatic carbocycles. The maximum atomic E-state index is 11.4. The first-order valence-corrected chi connectivity index (χ1v) is 6.33. The molecular formula is C13H27NO3. The third-order valence-corrected chi connectivity index (χ3v) is 2.75. The van der Waals surface area contributed by atoms with Gasteiger partial charge in [0.25, 0.3) is 0 Å². The summed E-state index contributed by atoms with van der Waals surface area (Å²) in [6.07, 6.45) is 0.476. The zero-order valence-electron chi connectivity index (χ0n) is 11.7. The topological polar surface area (TPSA) is 58.6 Å². The number of aliphatic hydroxyl groups excluding tert-OH is 1. The Labute approximate surface area is 105 Å². The number of rotatable bonds is 8. The van der Waals surface area contributed by atoms with Gasteiger partial charge in [0.15, 0.2) is 0 Å². The number of ether oxygens (including phenoxy) is 1. The Morgan fingerprint density at radius 2 is 2.00 bits per heavy atom. The summed E-state index contributed by atoms with van der Waals surface area (Å²) < 4.78 is 5.14. The van der Waals surface area contributed by atoms with Gasteiger partial charge in [0.05, 0.1) is 6.10 Å². The second kappa shape index (κ2) is 7.67. The van der Waals surface area contributed by atoms with Gasteiger partial charge in [-0.25, -0.2) is 0 Å². The highest BCUT2D eigenvalue weighted by Gasteiger charge is 2.30. The highest BCUT2D eigenvalue weighted by Crippen LogP contribution is 2.24. The van der Waals surface area contributed by atoms with E-state index >= 15 is 0 Å². The molecule has 0 spiro atoms. The molecule has 4 heteroatoms. The van der Waals surface area contributed by atoms with Crippen LogP contribution in [0.5, 0.6) is 0 Å². The molecule has 0 aliphatic carbocycles. The molecule has 0 bridgehead atoms. The Hall–Kier alpha value is -0.610. The van der Waals surface area contributed by atoms with Gasteiger partial charge in [-0.1, -0.05) is 34.6 Å². The lowest BCUT2D eigenvalue weighted by molar-refractivity contribution is -0.126. The third-order valence-electron chi connectivity index (χ3n) is 2.75. The van der Waals surface area contributed by atoms with Gasteiger partial charge >= 0.3 is 0 Å². The molecule has 0 rings (SSSR count). The molecular weight excluding hydrogens is 218 g/mol. The van der Waals surface area contributed by atoms with Gasteiger partial charge in [-0.05, 0) is 12.3 Å². The van der Waals surface area contributed by atoms with Crippen molar-refractivity contribution in [3.63, 3.8) is 0 Å². The van der Waals surface area contributed by atoms with Crippen LogP contribution in [0, 0.1) is 11.3 Å². The van der Waals surface area contributed by atoms with Crippen molar-refractivity contribution in [2.45, 2.75) is 47.1 Å². The van der Waals surface area contributed by atoms with Crippen molar-refractivity contribution in [3.8, 4) is 0 Å². The van der Waals surface area contributed by atoms with Crippen molar-refractivity contribution >= 4 is 5.91 Å². The molecule has 0 heterocycles. The Morgan fingerprint density at radius 3 is 2.47 bits per heavy atom. The third kappa shape index (κ3) is 6.64. The number of carbonyl (C=O) groups excluding carboxylic acids is 1. The van der Waals surface area contributed by atoms with Crippen LogP contribution in [0.25, 0.3) is 0 Å². The summed E-state index contributed by atoms with van der Waals surface area (Å²) in [5.41, 5.74) is -0.325. The molecule has 0 saturated carbocycles. The molecule has 102 valence electrons. The summed E-state index contributed by atoms with van der Waals surface area (Å²) in [6, 6.07) is 0. The van der Waals surface area contributed by atoms with Gasteiger partial charge in [-0.2, -0.15) is 0 Å². The van der Waals surface area contributed by atoms with Crippen LogP contribution in [0.1, 0.15) is 41.0 Å². The van der Waals surface area contributed by atoms with Gasteiger partial charge < -0.3 is 15.2 Å². The zero-order valence-corrected chi connectivity index (χ0v) is 11.7. The molecule has 0 saturated heterocycles. The predicted octanol–water partition coefficient (Wildman–Crippen LogP) is 1.57. The zero-order chi connectivity index (χ0) is 13.5. The second-order valence-corrected chi connectivity index (χ2v) is 5.51. The highest BCUT2D eigenvalue weighted by atomic mass is 16.5. The van der Waals surface area contributed by atoms with Crippen molar-refractivity contribution < 1.29 is 14.6 Å². The van der Waals surface area contributed by atoms with E-state index < -0.39 is 6.10 Å². The fourth-order valence-corrected chi connectivity index (χ4v) is 1.69. The van der Waals surface area contributed by atoms with E-state index in [2.05, 4.69) is 5.32 Å². The molecule has 4 nitrogen and oxygen atoms in total. The minimum absolute atomic E-state index is 0.0989. The number of nitrogens with one attached hydrogen (secondary N) is 1. The molecule has 0 aliphatic heterocycles. The average Bonchev–Trinajstić information content (AvgIpc) is 2.25. The molecule has 0 radical (unpaired) electrons. The molecule has 1 atom stereocenters. The molecule has 1 unspecified atom stereocenters. The fourth-order valence-electron chi connectivity index (χ4n) is 1.69. The maximum absolute atomic E-state index is 11.4. The van der Waals surface area contributed by atoms with Gasteiger partial charge in [-0.3, -0.25) is 4.79 Å². The smallest absolute Gasteiger partial charge is 0.246 e. The molecule has 1 amide bonds. The molecule has 0 aromatic rings. The van der Waals surface area contributed by atoms with E-state index in [1.54, 1.807) is 0 Å². The summed E-state index contributed by atoms with van der Waals surface area (Å²) in [4.78, 5) is 11.4. The molecule has 2 N–H and O–H groups in total. The van der Waals surface area contributed by atoms with E-state index in [0.717, 1.165) is 6.42 Å². The van der Waals surface area contributed by atoms with Crippen LogP contribution < -0.4 is 5.32 Å². The monoisotopic (exact) mass is 245 g/mol. The largest absolute Gasteiger partial charge is 0.392 e. The van der Waals surface area contributed by atoms with Crippen LogP contribution in [0.3, 0.4) is 0 Å². The quantitative estimate of drug-likeness (QED) is 0.638. The Bertz CT molecular complexity index is 227. The Kier molecular flexibility index (Phi) is 7.39. The predicted molar refractivity (Wildman–Crippen MR) is 68.7 cm³/mol. The number of hydrogen-bond donors (Lipinski definition) is 2. The number of hydrogen-bond acceptors (Lipinski definition) is 3. The molecule has 0 aromatic heterocycles. The van der Waals surface area contributed by atoms with E-state index in [4.69, 9.17) is 4.74 Å². The van der Waals surface area contributed by atoms with Crippen LogP contribution in [0.15, 0.2) is 0 Å². The van der Waals surface area contributed by atoms with Crippen LogP contribution in [0.4, 0.5) is 0 Å². The van der Waals surface area contributed by atoms with Gasteiger partial charge in [0, 0.05) is 18.6 Å². The lowest BCUT2D eigenvalue weighted by Gasteiger charge is -2.33. The van der Waals surface area contributed by atoms with E-state index in [-0.39, 0.29) is 23.8 Å². The Balaban J connectivity index is 3.96. The van der Waals surface area contributed by atoms with Crippen molar-refractivity contribution in [1.29, 1.82) is 0 Å². The minimum Gasteiger partial charge on any atom is -0.392 e. The first-order valence-electron chi connectivity index (χ1n) is 6.33. The van der Waals surface area contributed by atoms with Crippen molar-refractivity contribution in [3.05, 3.63) is 0 Å². The summed E-state index contributed by atoms with van der Waals surface area (Å²) in [6.45, 7) is 11.0. The first-order chi connectivity index (χ1) is 7.81. The van der Waals surface area contributed by atoms with Gasteiger partial charge in [0.2, 0.25) is 5.91 Å². The second-order valence-electron chi connectivity index (χ2n) is 5.51. The standard InChI is InChI=1S/C13H27NO3/c1-6-7-17-8-11(15)14-9-13(4,5)12(16)10(2)3/h10,12,16H,6-9H2,1-5H3,(H,14,15). The fraction of sp³-hybridized carbons (Fsp3) is 0.923. The number of amides is 1. The average molecular weight is 245 g/mol. The van der Waals surface area contributed by atoms with Crippen LogP contribution >= 0.6 is 0 Å².